The molecule has 0 radical (unpaired) electrons. The maximum atomic E-state index is 14.0. The van der Waals surface area contributed by atoms with Crippen molar-refractivity contribution in [2.75, 3.05) is 4.90 Å². The molecule has 0 aliphatic heterocycles. The van der Waals surface area contributed by atoms with Gasteiger partial charge in [0.05, 0.1) is 11.4 Å². The first-order valence-electron chi connectivity index (χ1n) is 13.5. The second kappa shape index (κ2) is 10.8. The smallest absolute Gasteiger partial charge is 0.241 e. The number of nitrogens with zero attached hydrogens (tertiary/aromatic N) is 3. The molecule has 4 aromatic rings. The fourth-order valence-electron chi connectivity index (χ4n) is 5.67. The quantitative estimate of drug-likeness (QED) is 0.290. The lowest BCUT2D eigenvalue weighted by Crippen LogP contribution is -2.34. The van der Waals surface area contributed by atoms with Gasteiger partial charge in [0.25, 0.3) is 0 Å². The van der Waals surface area contributed by atoms with Gasteiger partial charge in [-0.3, -0.25) is 4.79 Å². The Labute approximate surface area is 239 Å². The van der Waals surface area contributed by atoms with Gasteiger partial charge in [-0.2, -0.15) is 0 Å². The summed E-state index contributed by atoms with van der Waals surface area (Å²) in [5.74, 6) is 0.945. The number of amides is 1. The highest BCUT2D eigenvalue weighted by Gasteiger charge is 2.46. The van der Waals surface area contributed by atoms with Crippen LogP contribution in [0.1, 0.15) is 53.7 Å². The number of anilines is 1. The van der Waals surface area contributed by atoms with Crippen LogP contribution in [0, 0.1) is 5.92 Å². The van der Waals surface area contributed by atoms with E-state index < -0.39 is 16.1 Å². The number of imidazole rings is 1. The van der Waals surface area contributed by atoms with Crippen molar-refractivity contribution in [3.63, 3.8) is 0 Å². The summed E-state index contributed by atoms with van der Waals surface area (Å²) in [6, 6.07) is 21.9. The van der Waals surface area contributed by atoms with E-state index in [9.17, 15) is 13.2 Å². The third-order valence-corrected chi connectivity index (χ3v) is 9.74. The molecule has 0 spiro atoms. The Hall–Kier alpha value is -3.46. The monoisotopic (exact) mass is 574 g/mol. The normalized spacial score (nSPS) is 20.1. The van der Waals surface area contributed by atoms with Gasteiger partial charge in [-0.15, -0.1) is 0 Å². The van der Waals surface area contributed by atoms with Crippen LogP contribution in [0.4, 0.5) is 5.69 Å². The Morgan fingerprint density at radius 1 is 1.10 bits per heavy atom. The van der Waals surface area contributed by atoms with Crippen molar-refractivity contribution in [1.82, 2.24) is 14.3 Å². The van der Waals surface area contributed by atoms with Gasteiger partial charge in [-0.25, -0.2) is 18.1 Å². The molecular formula is C31H31ClN4O3S. The molecule has 206 valence electrons. The molecular weight excluding hydrogens is 544 g/mol. The molecule has 9 heteroatoms. The van der Waals surface area contributed by atoms with Crippen LogP contribution in [-0.2, 0) is 34.8 Å². The largest absolute Gasteiger partial charge is 0.337 e. The van der Waals surface area contributed by atoms with Crippen LogP contribution in [-0.4, -0.2) is 23.9 Å². The molecule has 2 aliphatic carbocycles. The van der Waals surface area contributed by atoms with Gasteiger partial charge >= 0.3 is 0 Å². The van der Waals surface area contributed by atoms with Gasteiger partial charge in [0, 0.05) is 42.1 Å². The third kappa shape index (κ3) is 5.44. The fraction of sp³-hybridized carbons (Fsp3) is 0.290. The molecule has 1 aromatic heterocycles. The van der Waals surface area contributed by atoms with E-state index in [2.05, 4.69) is 21.8 Å². The lowest BCUT2D eigenvalue weighted by Gasteiger charge is -2.29. The van der Waals surface area contributed by atoms with E-state index in [1.807, 2.05) is 59.1 Å². The Balaban J connectivity index is 1.31. The van der Waals surface area contributed by atoms with Gasteiger partial charge in [-0.1, -0.05) is 48.0 Å². The number of carbonyl (C=O) groups is 1. The van der Waals surface area contributed by atoms with Crippen molar-refractivity contribution in [2.24, 2.45) is 13.0 Å². The molecule has 0 saturated heterocycles. The lowest BCUT2D eigenvalue weighted by molar-refractivity contribution is -0.120. The summed E-state index contributed by atoms with van der Waals surface area (Å²) in [5, 5.41) is 0.481. The SMILES string of the molecule is Cn1ccnc1CN(C(=O)[C@@H]1C[C@@H]1c1ccccc1)c1ccc2c(c1)[C@@H](NS(=O)(=O)c1ccc(Cl)cc1)CCC2. The van der Waals surface area contributed by atoms with Crippen LogP contribution in [0.25, 0.3) is 0 Å². The molecule has 3 atom stereocenters. The molecule has 1 amide bonds. The molecule has 3 aromatic carbocycles. The lowest BCUT2D eigenvalue weighted by atomic mass is 9.87. The molecule has 7 nitrogen and oxygen atoms in total. The van der Waals surface area contributed by atoms with Crippen LogP contribution < -0.4 is 9.62 Å². The van der Waals surface area contributed by atoms with Gasteiger partial charge < -0.3 is 9.47 Å². The maximum absolute atomic E-state index is 14.0. The van der Waals surface area contributed by atoms with Crippen LogP contribution in [0.15, 0.2) is 90.1 Å². The Kier molecular flexibility index (Phi) is 7.25. The number of hydrogen-bond acceptors (Lipinski definition) is 4. The van der Waals surface area contributed by atoms with Gasteiger partial charge in [0.2, 0.25) is 15.9 Å². The van der Waals surface area contributed by atoms with Crippen molar-refractivity contribution < 1.29 is 13.2 Å². The molecule has 40 heavy (non-hydrogen) atoms. The number of nitrogens with one attached hydrogen (secondary N) is 1. The molecule has 1 heterocycles. The van der Waals surface area contributed by atoms with E-state index in [4.69, 9.17) is 11.6 Å². The Morgan fingerprint density at radius 3 is 2.60 bits per heavy atom. The van der Waals surface area contributed by atoms with Crippen LogP contribution in [0.2, 0.25) is 5.02 Å². The number of halogens is 1. The molecule has 1 fully saturated rings. The predicted octanol–water partition coefficient (Wildman–Crippen LogP) is 5.77. The van der Waals surface area contributed by atoms with Crippen molar-refractivity contribution in [2.45, 2.75) is 49.1 Å². The van der Waals surface area contributed by atoms with Crippen molar-refractivity contribution in [1.29, 1.82) is 0 Å². The molecule has 0 unspecified atom stereocenters. The van der Waals surface area contributed by atoms with E-state index >= 15 is 0 Å². The summed E-state index contributed by atoms with van der Waals surface area (Å²) < 4.78 is 31.3. The van der Waals surface area contributed by atoms with Crippen LogP contribution >= 0.6 is 11.6 Å². The Morgan fingerprint density at radius 2 is 1.88 bits per heavy atom. The summed E-state index contributed by atoms with van der Waals surface area (Å²) in [6.45, 7) is 0.334. The number of aromatic nitrogens is 2. The van der Waals surface area contributed by atoms with Crippen molar-refractivity contribution in [3.05, 3.63) is 113 Å². The number of fused-ring (bicyclic) bond motifs is 1. The molecule has 1 saturated carbocycles. The number of hydrogen-bond donors (Lipinski definition) is 1. The number of aryl methyl sites for hydroxylation is 2. The zero-order valence-corrected chi connectivity index (χ0v) is 23.8. The van der Waals surface area contributed by atoms with Crippen molar-refractivity contribution in [3.8, 4) is 0 Å². The topological polar surface area (TPSA) is 84.3 Å². The first kappa shape index (κ1) is 26.7. The minimum absolute atomic E-state index is 0.0610. The highest BCUT2D eigenvalue weighted by atomic mass is 35.5. The third-order valence-electron chi connectivity index (χ3n) is 8.00. The van der Waals surface area contributed by atoms with Gasteiger partial charge in [0.15, 0.2) is 0 Å². The standard InChI is InChI=1S/C31H31ClN4O3S/c1-35-17-16-33-30(35)20-36(31(37)28-19-26(28)21-6-3-2-4-7-21)24-13-10-22-8-5-9-29(27(22)18-24)34-40(38,39)25-14-11-23(32)12-15-25/h2-4,6-7,10-18,26,28-29,34H,5,8-9,19-20H2,1H3/t26-,28-,29+/m1/s1. The summed E-state index contributed by atoms with van der Waals surface area (Å²) in [7, 11) is -1.84. The maximum Gasteiger partial charge on any atom is 0.241 e. The average molecular weight is 575 g/mol. The second-order valence-electron chi connectivity index (χ2n) is 10.6. The van der Waals surface area contributed by atoms with E-state index in [0.717, 1.165) is 41.9 Å². The second-order valence-corrected chi connectivity index (χ2v) is 12.8. The van der Waals surface area contributed by atoms with E-state index in [1.165, 1.54) is 17.7 Å². The minimum atomic E-state index is -3.76. The molecule has 0 bridgehead atoms. The van der Waals surface area contributed by atoms with E-state index in [0.29, 0.717) is 18.0 Å². The molecule has 6 rings (SSSR count). The summed E-state index contributed by atoms with van der Waals surface area (Å²) >= 11 is 5.97. The Bertz CT molecular complexity index is 1640. The van der Waals surface area contributed by atoms with E-state index in [1.54, 1.807) is 18.3 Å². The van der Waals surface area contributed by atoms with E-state index in [-0.39, 0.29) is 22.6 Å². The zero-order valence-electron chi connectivity index (χ0n) is 22.2. The summed E-state index contributed by atoms with van der Waals surface area (Å²) in [6.07, 6.45) is 6.83. The number of rotatable bonds is 8. The van der Waals surface area contributed by atoms with Crippen LogP contribution in [0.5, 0.6) is 0 Å². The highest BCUT2D eigenvalue weighted by Crippen LogP contribution is 2.49. The number of carbonyl (C=O) groups excluding carboxylic acids is 1. The van der Waals surface area contributed by atoms with Gasteiger partial charge in [-0.05, 0) is 84.7 Å². The fourth-order valence-corrected chi connectivity index (χ4v) is 7.05. The molecule has 2 aliphatic rings. The molecule has 1 N–H and O–H groups in total. The van der Waals surface area contributed by atoms with Crippen molar-refractivity contribution >= 4 is 33.2 Å². The first-order chi connectivity index (χ1) is 19.3. The highest BCUT2D eigenvalue weighted by molar-refractivity contribution is 7.89. The van der Waals surface area contributed by atoms with Crippen LogP contribution in [0.3, 0.4) is 0 Å². The minimum Gasteiger partial charge on any atom is -0.337 e. The zero-order chi connectivity index (χ0) is 27.9. The number of benzene rings is 3. The predicted molar refractivity (Wildman–Crippen MR) is 156 cm³/mol. The van der Waals surface area contributed by atoms with Gasteiger partial charge in [0.1, 0.15) is 5.82 Å². The summed E-state index contributed by atoms with van der Waals surface area (Å²) in [5.41, 5.74) is 3.94. The number of sulfonamides is 1. The average Bonchev–Trinajstić information content (AvgIpc) is 3.66. The first-order valence-corrected chi connectivity index (χ1v) is 15.4. The summed E-state index contributed by atoms with van der Waals surface area (Å²) in [4.78, 5) is 20.5.